The molecule has 0 bridgehead atoms. The van der Waals surface area contributed by atoms with Gasteiger partial charge in [0.2, 0.25) is 0 Å². The lowest BCUT2D eigenvalue weighted by molar-refractivity contribution is -0.109. The lowest BCUT2D eigenvalue weighted by atomic mass is 9.76. The van der Waals surface area contributed by atoms with Crippen molar-refractivity contribution < 1.29 is 14.9 Å². The fourth-order valence-electron chi connectivity index (χ4n) is 2.79. The van der Waals surface area contributed by atoms with E-state index in [1.165, 1.54) is 0 Å². The van der Waals surface area contributed by atoms with Crippen LogP contribution in [0.5, 0.6) is 0 Å². The summed E-state index contributed by atoms with van der Waals surface area (Å²) in [5, 5.41) is 25.7. The summed E-state index contributed by atoms with van der Waals surface area (Å²) in [5.41, 5.74) is -0.418. The maximum absolute atomic E-state index is 10.8. The molecule has 0 saturated heterocycles. The lowest BCUT2D eigenvalue weighted by Crippen LogP contribution is -2.41. The smallest absolute Gasteiger partial charge is 0.125 e. The molecule has 0 spiro atoms. The zero-order valence-corrected chi connectivity index (χ0v) is 13.6. The minimum atomic E-state index is -1.06. The quantitative estimate of drug-likeness (QED) is 0.858. The minimum absolute atomic E-state index is 0.517. The SMILES string of the molecule is COCCn1ncc(Br)c1C(O)C1(O)CCC(C)CC1. The fraction of sp³-hybridized carbons (Fsp3) is 0.786. The van der Waals surface area contributed by atoms with Gasteiger partial charge < -0.3 is 14.9 Å². The minimum Gasteiger partial charge on any atom is -0.387 e. The maximum atomic E-state index is 10.8. The Labute approximate surface area is 128 Å². The lowest BCUT2D eigenvalue weighted by Gasteiger charge is -2.38. The molecule has 5 nitrogen and oxygen atoms in total. The van der Waals surface area contributed by atoms with Crippen LogP contribution in [0.1, 0.15) is 44.4 Å². The second-order valence-electron chi connectivity index (χ2n) is 5.78. The molecule has 1 aliphatic rings. The number of nitrogens with zero attached hydrogens (tertiary/aromatic N) is 2. The average molecular weight is 347 g/mol. The molecule has 1 heterocycles. The molecule has 1 unspecified atom stereocenters. The number of methoxy groups -OCH3 is 1. The van der Waals surface area contributed by atoms with Crippen molar-refractivity contribution in [3.63, 3.8) is 0 Å². The zero-order valence-electron chi connectivity index (χ0n) is 12.0. The third-order valence-electron chi connectivity index (χ3n) is 4.25. The summed E-state index contributed by atoms with van der Waals surface area (Å²) in [7, 11) is 1.63. The second kappa shape index (κ2) is 6.56. The summed E-state index contributed by atoms with van der Waals surface area (Å²) in [4.78, 5) is 0. The number of aliphatic hydroxyl groups is 2. The van der Waals surface area contributed by atoms with E-state index in [0.29, 0.717) is 37.6 Å². The monoisotopic (exact) mass is 346 g/mol. The molecule has 1 aromatic heterocycles. The van der Waals surface area contributed by atoms with Crippen molar-refractivity contribution >= 4 is 15.9 Å². The summed E-state index contributed by atoms with van der Waals surface area (Å²) in [6.07, 6.45) is 3.86. The normalized spacial score (nSPS) is 28.6. The van der Waals surface area contributed by atoms with Gasteiger partial charge >= 0.3 is 0 Å². The van der Waals surface area contributed by atoms with E-state index in [4.69, 9.17) is 4.74 Å². The Balaban J connectivity index is 2.19. The summed E-state index contributed by atoms with van der Waals surface area (Å²) < 4.78 is 7.49. The number of aromatic nitrogens is 2. The highest BCUT2D eigenvalue weighted by Gasteiger charge is 2.41. The summed E-state index contributed by atoms with van der Waals surface area (Å²) >= 11 is 3.42. The molecule has 1 saturated carbocycles. The van der Waals surface area contributed by atoms with Crippen molar-refractivity contribution in [2.45, 2.75) is 50.9 Å². The summed E-state index contributed by atoms with van der Waals surface area (Å²) in [5.74, 6) is 0.615. The van der Waals surface area contributed by atoms with Crippen LogP contribution in [0.3, 0.4) is 0 Å². The molecule has 2 rings (SSSR count). The van der Waals surface area contributed by atoms with E-state index >= 15 is 0 Å². The molecule has 2 N–H and O–H groups in total. The molecule has 0 radical (unpaired) electrons. The number of halogens is 1. The molecular weight excluding hydrogens is 324 g/mol. The van der Waals surface area contributed by atoms with E-state index in [1.54, 1.807) is 18.0 Å². The van der Waals surface area contributed by atoms with E-state index in [9.17, 15) is 10.2 Å². The topological polar surface area (TPSA) is 67.5 Å². The van der Waals surface area contributed by atoms with Gasteiger partial charge in [-0.05, 0) is 47.5 Å². The van der Waals surface area contributed by atoms with Crippen molar-refractivity contribution in [2.75, 3.05) is 13.7 Å². The molecule has 1 atom stereocenters. The predicted molar refractivity (Wildman–Crippen MR) is 79.3 cm³/mol. The first-order valence-electron chi connectivity index (χ1n) is 7.08. The van der Waals surface area contributed by atoms with E-state index in [0.717, 1.165) is 17.3 Å². The Kier molecular flexibility index (Phi) is 5.23. The van der Waals surface area contributed by atoms with Crippen LogP contribution in [0.4, 0.5) is 0 Å². The van der Waals surface area contributed by atoms with Gasteiger partial charge in [-0.25, -0.2) is 0 Å². The summed E-state index contributed by atoms with van der Waals surface area (Å²) in [6, 6.07) is 0. The van der Waals surface area contributed by atoms with Gasteiger partial charge in [-0.1, -0.05) is 6.92 Å². The third kappa shape index (κ3) is 3.24. The van der Waals surface area contributed by atoms with Crippen molar-refractivity contribution in [1.29, 1.82) is 0 Å². The van der Waals surface area contributed by atoms with Gasteiger partial charge in [-0.3, -0.25) is 4.68 Å². The first-order valence-corrected chi connectivity index (χ1v) is 7.88. The first kappa shape index (κ1) is 15.9. The number of hydrogen-bond acceptors (Lipinski definition) is 4. The Morgan fingerprint density at radius 3 is 2.80 bits per heavy atom. The van der Waals surface area contributed by atoms with Gasteiger partial charge in [0, 0.05) is 7.11 Å². The molecule has 0 amide bonds. The van der Waals surface area contributed by atoms with Gasteiger partial charge in [-0.2, -0.15) is 5.10 Å². The molecule has 1 aliphatic carbocycles. The van der Waals surface area contributed by atoms with E-state index in [2.05, 4.69) is 28.0 Å². The van der Waals surface area contributed by atoms with Crippen molar-refractivity contribution in [2.24, 2.45) is 5.92 Å². The molecule has 0 aliphatic heterocycles. The van der Waals surface area contributed by atoms with Gasteiger partial charge in [-0.15, -0.1) is 0 Å². The number of rotatable bonds is 5. The highest BCUT2D eigenvalue weighted by Crippen LogP contribution is 2.41. The highest BCUT2D eigenvalue weighted by atomic mass is 79.9. The van der Waals surface area contributed by atoms with E-state index in [1.807, 2.05) is 0 Å². The van der Waals surface area contributed by atoms with Crippen LogP contribution in [0.2, 0.25) is 0 Å². The van der Waals surface area contributed by atoms with Crippen LogP contribution >= 0.6 is 15.9 Å². The third-order valence-corrected chi connectivity index (χ3v) is 4.86. The first-order chi connectivity index (χ1) is 9.48. The van der Waals surface area contributed by atoms with Crippen molar-refractivity contribution in [3.8, 4) is 0 Å². The molecule has 0 aromatic carbocycles. The largest absolute Gasteiger partial charge is 0.387 e. The van der Waals surface area contributed by atoms with E-state index < -0.39 is 11.7 Å². The number of aliphatic hydroxyl groups excluding tert-OH is 1. The molecular formula is C14H23BrN2O3. The van der Waals surface area contributed by atoms with Crippen LogP contribution in [0.15, 0.2) is 10.7 Å². The zero-order chi connectivity index (χ0) is 14.8. The average Bonchev–Trinajstić information content (AvgIpc) is 2.80. The Bertz CT molecular complexity index is 442. The maximum Gasteiger partial charge on any atom is 0.125 e. The van der Waals surface area contributed by atoms with Crippen LogP contribution in [-0.4, -0.2) is 39.3 Å². The standard InChI is InChI=1S/C14H23BrN2O3/c1-10-3-5-14(19,6-4-10)13(18)12-11(15)9-16-17(12)7-8-20-2/h9-10,13,18-19H,3-8H2,1-2H3. The molecule has 1 aromatic rings. The molecule has 20 heavy (non-hydrogen) atoms. The number of hydrogen-bond donors (Lipinski definition) is 2. The fourth-order valence-corrected chi connectivity index (χ4v) is 3.30. The van der Waals surface area contributed by atoms with Crippen LogP contribution < -0.4 is 0 Å². The Morgan fingerprint density at radius 2 is 2.20 bits per heavy atom. The molecule has 114 valence electrons. The molecule has 6 heteroatoms. The van der Waals surface area contributed by atoms with Crippen LogP contribution in [-0.2, 0) is 11.3 Å². The Hall–Kier alpha value is -0.430. The van der Waals surface area contributed by atoms with Crippen LogP contribution in [0.25, 0.3) is 0 Å². The van der Waals surface area contributed by atoms with E-state index in [-0.39, 0.29) is 0 Å². The number of ether oxygens (including phenoxy) is 1. The van der Waals surface area contributed by atoms with Crippen molar-refractivity contribution in [1.82, 2.24) is 9.78 Å². The van der Waals surface area contributed by atoms with Crippen molar-refractivity contribution in [3.05, 3.63) is 16.4 Å². The van der Waals surface area contributed by atoms with Gasteiger partial charge in [0.05, 0.1) is 35.1 Å². The van der Waals surface area contributed by atoms with Crippen LogP contribution in [0, 0.1) is 5.92 Å². The second-order valence-corrected chi connectivity index (χ2v) is 6.64. The molecule has 1 fully saturated rings. The highest BCUT2D eigenvalue weighted by molar-refractivity contribution is 9.10. The summed E-state index contributed by atoms with van der Waals surface area (Å²) in [6.45, 7) is 3.26. The van der Waals surface area contributed by atoms with Gasteiger partial charge in [0.1, 0.15) is 6.10 Å². The van der Waals surface area contributed by atoms with Gasteiger partial charge in [0.25, 0.3) is 0 Å². The van der Waals surface area contributed by atoms with Gasteiger partial charge in [0.15, 0.2) is 0 Å². The Morgan fingerprint density at radius 1 is 1.55 bits per heavy atom. The predicted octanol–water partition coefficient (Wildman–Crippen LogP) is 2.27.